The van der Waals surface area contributed by atoms with Gasteiger partial charge >= 0.3 is 11.9 Å². The van der Waals surface area contributed by atoms with Crippen molar-refractivity contribution in [2.45, 2.75) is 31.3 Å². The van der Waals surface area contributed by atoms with Crippen LogP contribution in [0.2, 0.25) is 0 Å². The van der Waals surface area contributed by atoms with Crippen molar-refractivity contribution in [1.82, 2.24) is 0 Å². The predicted octanol–water partition coefficient (Wildman–Crippen LogP) is 0.240. The first-order valence-electron chi connectivity index (χ1n) is 4.99. The van der Waals surface area contributed by atoms with Crippen LogP contribution in [0.1, 0.15) is 25.7 Å². The van der Waals surface area contributed by atoms with Crippen LogP contribution in [0.4, 0.5) is 0 Å². The van der Waals surface area contributed by atoms with Gasteiger partial charge in [-0.25, -0.2) is 0 Å². The van der Waals surface area contributed by atoms with Gasteiger partial charge in [-0.15, -0.1) is 6.42 Å². The zero-order valence-corrected chi connectivity index (χ0v) is 8.23. The highest BCUT2D eigenvalue weighted by atomic mass is 16.6. The van der Waals surface area contributed by atoms with Crippen LogP contribution in [0, 0.1) is 24.2 Å². The van der Waals surface area contributed by atoms with E-state index < -0.39 is 17.5 Å². The fourth-order valence-corrected chi connectivity index (χ4v) is 2.41. The summed E-state index contributed by atoms with van der Waals surface area (Å²) >= 11 is 0. The summed E-state index contributed by atoms with van der Waals surface area (Å²) < 4.78 is 4.55. The van der Waals surface area contributed by atoms with Gasteiger partial charge in [0.25, 0.3) is 0 Å². The van der Waals surface area contributed by atoms with Crippen LogP contribution in [0.25, 0.3) is 0 Å². The number of carbonyl (C=O) groups is 2. The summed E-state index contributed by atoms with van der Waals surface area (Å²) in [4.78, 5) is 22.4. The fourth-order valence-electron chi connectivity index (χ4n) is 2.41. The van der Waals surface area contributed by atoms with Gasteiger partial charge in [-0.1, -0.05) is 5.92 Å². The second-order valence-corrected chi connectivity index (χ2v) is 4.28. The number of hydrogen-bond donors (Lipinski definition) is 1. The van der Waals surface area contributed by atoms with E-state index in [0.717, 1.165) is 0 Å². The van der Waals surface area contributed by atoms with Crippen molar-refractivity contribution in [1.29, 1.82) is 0 Å². The smallest absolute Gasteiger partial charge is 0.316 e. The van der Waals surface area contributed by atoms with E-state index in [1.54, 1.807) is 0 Å². The molecule has 0 amide bonds. The maximum Gasteiger partial charge on any atom is 0.316 e. The van der Waals surface area contributed by atoms with E-state index in [4.69, 9.17) is 6.42 Å². The summed E-state index contributed by atoms with van der Waals surface area (Å²) in [6.45, 7) is 0. The van der Waals surface area contributed by atoms with Crippen molar-refractivity contribution in [3.8, 4) is 12.3 Å². The maximum atomic E-state index is 11.4. The summed E-state index contributed by atoms with van der Waals surface area (Å²) in [6.07, 6.45) is 6.62. The van der Waals surface area contributed by atoms with Gasteiger partial charge in [0.1, 0.15) is 5.60 Å². The Balaban J connectivity index is 2.17. The first kappa shape index (κ1) is 10.2. The third kappa shape index (κ3) is 1.75. The number of fused-ring (bicyclic) bond motifs is 1. The average molecular weight is 208 g/mol. The summed E-state index contributed by atoms with van der Waals surface area (Å²) in [5.74, 6) is 0.935. The molecule has 0 aromatic heterocycles. The Kier molecular flexibility index (Phi) is 2.28. The molecule has 1 saturated heterocycles. The lowest BCUT2D eigenvalue weighted by molar-refractivity contribution is -0.174. The molecule has 1 heterocycles. The topological polar surface area (TPSA) is 63.6 Å². The van der Waals surface area contributed by atoms with E-state index in [0.29, 0.717) is 19.3 Å². The highest BCUT2D eigenvalue weighted by Gasteiger charge is 2.46. The number of carbonyl (C=O) groups excluding carboxylic acids is 2. The molecule has 0 aromatic rings. The normalized spacial score (nSPS) is 40.3. The maximum absolute atomic E-state index is 11.4. The third-order valence-electron chi connectivity index (χ3n) is 3.25. The first-order chi connectivity index (χ1) is 7.04. The molecular weight excluding hydrogens is 196 g/mol. The summed E-state index contributed by atoms with van der Waals surface area (Å²) in [5.41, 5.74) is -1.15. The minimum absolute atomic E-state index is 0.159. The lowest BCUT2D eigenvalue weighted by Gasteiger charge is -2.39. The summed E-state index contributed by atoms with van der Waals surface area (Å²) in [7, 11) is 0. The van der Waals surface area contributed by atoms with E-state index >= 15 is 0 Å². The second-order valence-electron chi connectivity index (χ2n) is 4.28. The highest BCUT2D eigenvalue weighted by molar-refractivity contribution is 5.90. The van der Waals surface area contributed by atoms with Crippen LogP contribution in [-0.4, -0.2) is 22.6 Å². The van der Waals surface area contributed by atoms with E-state index in [-0.39, 0.29) is 18.3 Å². The Bertz CT molecular complexity index is 354. The van der Waals surface area contributed by atoms with Gasteiger partial charge in [0, 0.05) is 6.42 Å². The van der Waals surface area contributed by atoms with Gasteiger partial charge in [-0.05, 0) is 25.2 Å². The number of terminal acetylenes is 1. The molecule has 80 valence electrons. The Labute approximate surface area is 87.6 Å². The molecule has 4 heteroatoms. The van der Waals surface area contributed by atoms with E-state index in [2.05, 4.69) is 10.7 Å². The Morgan fingerprint density at radius 3 is 2.93 bits per heavy atom. The van der Waals surface area contributed by atoms with Gasteiger partial charge in [-0.2, -0.15) is 0 Å². The lowest BCUT2D eigenvalue weighted by atomic mass is 9.70. The van der Waals surface area contributed by atoms with Crippen LogP contribution in [0.5, 0.6) is 0 Å². The molecule has 4 nitrogen and oxygen atoms in total. The molecule has 1 saturated carbocycles. The van der Waals surface area contributed by atoms with Crippen molar-refractivity contribution in [3.63, 3.8) is 0 Å². The second kappa shape index (κ2) is 3.35. The van der Waals surface area contributed by atoms with Crippen molar-refractivity contribution in [2.75, 3.05) is 0 Å². The van der Waals surface area contributed by atoms with Crippen molar-refractivity contribution >= 4 is 11.9 Å². The molecule has 0 aromatic carbocycles. The number of hydrogen-bond acceptors (Lipinski definition) is 4. The Morgan fingerprint density at radius 2 is 2.27 bits per heavy atom. The monoisotopic (exact) mass is 208 g/mol. The molecule has 3 atom stereocenters. The van der Waals surface area contributed by atoms with Gasteiger partial charge in [0.05, 0.1) is 5.92 Å². The predicted molar refractivity (Wildman–Crippen MR) is 50.3 cm³/mol. The Hall–Kier alpha value is -1.34. The van der Waals surface area contributed by atoms with E-state index in [9.17, 15) is 14.7 Å². The zero-order chi connectivity index (χ0) is 11.1. The van der Waals surface area contributed by atoms with Crippen LogP contribution in [0.15, 0.2) is 0 Å². The molecular formula is C11H12O4. The molecule has 15 heavy (non-hydrogen) atoms. The largest absolute Gasteiger partial charge is 0.393 e. The SMILES string of the molecule is C#C[C@@]1(O)CCC2C(=O)OC(=O)CC2C1. The number of ether oxygens (including phenoxy) is 1. The summed E-state index contributed by atoms with van der Waals surface area (Å²) in [6, 6.07) is 0. The zero-order valence-electron chi connectivity index (χ0n) is 8.23. The number of esters is 2. The molecule has 2 fully saturated rings. The van der Waals surface area contributed by atoms with Crippen molar-refractivity contribution in [2.24, 2.45) is 11.8 Å². The third-order valence-corrected chi connectivity index (χ3v) is 3.25. The molecule has 2 aliphatic rings. The van der Waals surface area contributed by atoms with E-state index in [1.807, 2.05) is 0 Å². The number of cyclic esters (lactones) is 2. The van der Waals surface area contributed by atoms with Crippen LogP contribution < -0.4 is 0 Å². The van der Waals surface area contributed by atoms with Crippen molar-refractivity contribution in [3.05, 3.63) is 0 Å². The standard InChI is InChI=1S/C11H12O4/c1-2-11(14)4-3-8-7(6-11)5-9(12)15-10(8)13/h1,7-8,14H,3-6H2/t7?,8?,11-/m1/s1. The molecule has 1 aliphatic heterocycles. The molecule has 1 aliphatic carbocycles. The van der Waals surface area contributed by atoms with Gasteiger partial charge in [0.2, 0.25) is 0 Å². The molecule has 0 spiro atoms. The van der Waals surface area contributed by atoms with E-state index in [1.165, 1.54) is 0 Å². The molecule has 0 bridgehead atoms. The van der Waals surface area contributed by atoms with Crippen LogP contribution >= 0.6 is 0 Å². The lowest BCUT2D eigenvalue weighted by Crippen LogP contribution is -2.45. The highest BCUT2D eigenvalue weighted by Crippen LogP contribution is 2.40. The van der Waals surface area contributed by atoms with Crippen LogP contribution in [-0.2, 0) is 14.3 Å². The quantitative estimate of drug-likeness (QED) is 0.352. The molecule has 1 N–H and O–H groups in total. The van der Waals surface area contributed by atoms with Gasteiger partial charge in [-0.3, -0.25) is 9.59 Å². The number of aliphatic hydroxyl groups is 1. The first-order valence-corrected chi connectivity index (χ1v) is 4.99. The fraction of sp³-hybridized carbons (Fsp3) is 0.636. The van der Waals surface area contributed by atoms with Crippen molar-refractivity contribution < 1.29 is 19.4 Å². The summed E-state index contributed by atoms with van der Waals surface area (Å²) in [5, 5.41) is 9.89. The van der Waals surface area contributed by atoms with Gasteiger partial charge in [0.15, 0.2) is 0 Å². The molecule has 2 unspecified atom stereocenters. The number of rotatable bonds is 0. The van der Waals surface area contributed by atoms with Gasteiger partial charge < -0.3 is 9.84 Å². The Morgan fingerprint density at radius 1 is 1.53 bits per heavy atom. The minimum atomic E-state index is -1.15. The minimum Gasteiger partial charge on any atom is -0.393 e. The molecule has 2 rings (SSSR count). The molecule has 0 radical (unpaired) electrons. The average Bonchev–Trinajstić information content (AvgIpc) is 2.16. The van der Waals surface area contributed by atoms with Crippen LogP contribution in [0.3, 0.4) is 0 Å².